The van der Waals surface area contributed by atoms with Crippen LogP contribution in [0.1, 0.15) is 54.4 Å². The summed E-state index contributed by atoms with van der Waals surface area (Å²) in [7, 11) is -2.89. The molecule has 2 aromatic carbocycles. The van der Waals surface area contributed by atoms with Crippen LogP contribution in [0, 0.1) is 11.3 Å². The summed E-state index contributed by atoms with van der Waals surface area (Å²) in [5.41, 5.74) is -1.43. The Balaban J connectivity index is 1.35. The molecule has 6 rings (SSSR count). The van der Waals surface area contributed by atoms with Crippen molar-refractivity contribution >= 4 is 79.3 Å². The number of nitrogens with one attached hydrogen (secondary N) is 3. The van der Waals surface area contributed by atoms with Crippen molar-refractivity contribution in [2.45, 2.75) is 87.9 Å². The molecule has 0 spiro atoms. The molecule has 0 radical (unpaired) electrons. The highest BCUT2D eigenvalue weighted by atomic mass is 35.5. The maximum absolute atomic E-state index is 14.7. The van der Waals surface area contributed by atoms with Gasteiger partial charge in [0.1, 0.15) is 49.4 Å². The van der Waals surface area contributed by atoms with Crippen molar-refractivity contribution in [1.82, 2.24) is 25.2 Å². The number of likely N-dealkylation sites (tertiary alicyclic amines) is 1. The molecule has 18 heteroatoms. The topological polar surface area (TPSA) is 182 Å². The van der Waals surface area contributed by atoms with Gasteiger partial charge in [0, 0.05) is 35.4 Å². The number of amides is 4. The van der Waals surface area contributed by atoms with E-state index < -0.39 is 74.5 Å². The maximum atomic E-state index is 14.7. The van der Waals surface area contributed by atoms with E-state index in [1.807, 2.05) is 36.4 Å². The van der Waals surface area contributed by atoms with Crippen molar-refractivity contribution in [3.05, 3.63) is 82.7 Å². The van der Waals surface area contributed by atoms with Crippen LogP contribution in [0.2, 0.25) is 9.36 Å². The number of alkyl carbamates (subject to hydrolysis) is 1. The first kappa shape index (κ1) is 44.6. The molecule has 4 amide bonds. The van der Waals surface area contributed by atoms with Gasteiger partial charge in [-0.3, -0.25) is 14.4 Å². The van der Waals surface area contributed by atoms with Crippen LogP contribution in [0.4, 0.5) is 4.79 Å². The fourth-order valence-corrected chi connectivity index (χ4v) is 9.93. The number of carbonyl (C=O) groups excluding carboxylic acids is 4. The van der Waals surface area contributed by atoms with E-state index in [1.165, 1.54) is 11.0 Å². The lowest BCUT2D eigenvalue weighted by Gasteiger charge is -2.36. The molecule has 1 saturated heterocycles. The summed E-state index contributed by atoms with van der Waals surface area (Å²) in [5, 5.41) is 6.13. The molecule has 2 aromatic heterocycles. The normalized spacial score (nSPS) is 20.8. The number of ether oxygens (including phenoxy) is 3. The quantitative estimate of drug-likeness (QED) is 0.124. The number of carbonyl (C=O) groups is 4. The zero-order valence-corrected chi connectivity index (χ0v) is 37.3. The number of nitrogens with zero attached hydrogens (tertiary/aromatic N) is 2. The third kappa shape index (κ3) is 9.67. The Morgan fingerprint density at radius 3 is 2.32 bits per heavy atom. The Bertz CT molecular complexity index is 2430. The Labute approximate surface area is 363 Å². The number of pyridine rings is 1. The zero-order valence-electron chi connectivity index (χ0n) is 34.1. The van der Waals surface area contributed by atoms with Crippen LogP contribution in [-0.4, -0.2) is 85.1 Å². The largest absolute Gasteiger partial charge is 0.497 e. The minimum Gasteiger partial charge on any atom is -0.497 e. The van der Waals surface area contributed by atoms with E-state index in [4.69, 9.17) is 42.4 Å². The number of rotatable bonds is 12. The molecule has 2 fully saturated rings. The van der Waals surface area contributed by atoms with E-state index in [-0.39, 0.29) is 33.0 Å². The number of hydrogen-bond donors (Lipinski definition) is 3. The predicted molar refractivity (Wildman–Crippen MR) is 230 cm³/mol. The molecule has 5 atom stereocenters. The summed E-state index contributed by atoms with van der Waals surface area (Å²) in [6.45, 7) is 14.1. The van der Waals surface area contributed by atoms with E-state index in [0.717, 1.165) is 11.6 Å². The minimum atomic E-state index is -4.44. The molecule has 14 nitrogen and oxygen atoms in total. The van der Waals surface area contributed by atoms with E-state index >= 15 is 0 Å². The maximum Gasteiger partial charge on any atom is 0.408 e. The predicted octanol–water partition coefficient (Wildman–Crippen LogP) is 7.13. The molecule has 1 aliphatic carbocycles. The minimum absolute atomic E-state index is 0.00107. The van der Waals surface area contributed by atoms with Gasteiger partial charge in [-0.2, -0.15) is 0 Å². The van der Waals surface area contributed by atoms with Gasteiger partial charge in [-0.25, -0.2) is 22.9 Å². The van der Waals surface area contributed by atoms with Crippen molar-refractivity contribution in [2.24, 2.45) is 11.3 Å². The van der Waals surface area contributed by atoms with Crippen LogP contribution in [-0.2, 0) is 29.1 Å². The smallest absolute Gasteiger partial charge is 0.408 e. The standard InChI is InChI=1S/C42H47Cl2N5O9S2/c1-9-24-21-42(24,38(52)48-60(54,55)33-19-28(43)35(44)59-33)47-36(50)31-18-26(22-49(31)37(51)34(40(2,3)4)46-39(53)58-41(5,6)7)57-32-20-29(23-13-11-10-12-14-23)45-30-17-25(56-8)15-16-27(30)32/h9-17,19-20,24,26,31,34H,1,18,21-22H2,2-8H3,(H,46,53)(H,47,50)(H,48,52)/t24?,26-,31+,34-,42-/m1/s1. The summed E-state index contributed by atoms with van der Waals surface area (Å²) in [6.07, 6.45) is -0.162. The third-order valence-corrected chi connectivity index (χ3v) is 13.8. The number of benzene rings is 2. The van der Waals surface area contributed by atoms with Crippen molar-refractivity contribution in [1.29, 1.82) is 0 Å². The van der Waals surface area contributed by atoms with Crippen LogP contribution in [0.3, 0.4) is 0 Å². The third-order valence-electron chi connectivity index (χ3n) is 10.1. The lowest BCUT2D eigenvalue weighted by Crippen LogP contribution is -2.60. The number of hydrogen-bond acceptors (Lipinski definition) is 11. The van der Waals surface area contributed by atoms with Crippen LogP contribution in [0.15, 0.2) is 77.5 Å². The first-order valence-electron chi connectivity index (χ1n) is 19.0. The van der Waals surface area contributed by atoms with Crippen LogP contribution >= 0.6 is 34.5 Å². The number of fused-ring (bicyclic) bond motifs is 1. The van der Waals surface area contributed by atoms with Gasteiger partial charge >= 0.3 is 6.09 Å². The van der Waals surface area contributed by atoms with Gasteiger partial charge in [0.2, 0.25) is 11.8 Å². The lowest BCUT2D eigenvalue weighted by atomic mass is 9.85. The number of sulfonamides is 1. The molecular weight excluding hydrogens is 854 g/mol. The second-order valence-electron chi connectivity index (χ2n) is 16.8. The Morgan fingerprint density at radius 1 is 1.03 bits per heavy atom. The van der Waals surface area contributed by atoms with Crippen molar-refractivity contribution in [2.75, 3.05) is 13.7 Å². The second-order valence-corrected chi connectivity index (χ2v) is 20.8. The molecule has 3 N–H and O–H groups in total. The number of methoxy groups -OCH3 is 1. The van der Waals surface area contributed by atoms with Crippen LogP contribution in [0.25, 0.3) is 22.2 Å². The number of aromatic nitrogens is 1. The lowest BCUT2D eigenvalue weighted by molar-refractivity contribution is -0.143. The average Bonchev–Trinajstić information content (AvgIpc) is 3.54. The molecule has 3 heterocycles. The van der Waals surface area contributed by atoms with Crippen LogP contribution in [0.5, 0.6) is 11.5 Å². The van der Waals surface area contributed by atoms with Gasteiger partial charge in [0.05, 0.1) is 29.9 Å². The fraction of sp³-hybridized carbons (Fsp3) is 0.405. The summed E-state index contributed by atoms with van der Waals surface area (Å²) < 4.78 is 46.0. The first-order valence-corrected chi connectivity index (χ1v) is 22.1. The van der Waals surface area contributed by atoms with Gasteiger partial charge < -0.3 is 29.7 Å². The monoisotopic (exact) mass is 899 g/mol. The molecule has 0 bridgehead atoms. The summed E-state index contributed by atoms with van der Waals surface area (Å²) in [6, 6.07) is 15.4. The molecule has 4 aromatic rings. The van der Waals surface area contributed by atoms with Crippen molar-refractivity contribution < 1.29 is 41.8 Å². The second kappa shape index (κ2) is 16.9. The Morgan fingerprint density at radius 2 is 1.73 bits per heavy atom. The van der Waals surface area contributed by atoms with E-state index in [0.29, 0.717) is 39.4 Å². The van der Waals surface area contributed by atoms with Gasteiger partial charge in [0.25, 0.3) is 15.9 Å². The van der Waals surface area contributed by atoms with E-state index in [2.05, 4.69) is 21.9 Å². The zero-order chi connectivity index (χ0) is 43.9. The summed E-state index contributed by atoms with van der Waals surface area (Å²) in [4.78, 5) is 62.5. The van der Waals surface area contributed by atoms with Crippen LogP contribution < -0.4 is 24.8 Å². The van der Waals surface area contributed by atoms with Crippen molar-refractivity contribution in [3.63, 3.8) is 0 Å². The molecule has 1 saturated carbocycles. The van der Waals surface area contributed by atoms with Gasteiger partial charge in [0.15, 0.2) is 0 Å². The van der Waals surface area contributed by atoms with Crippen molar-refractivity contribution in [3.8, 4) is 22.8 Å². The highest BCUT2D eigenvalue weighted by Crippen LogP contribution is 2.46. The molecule has 60 heavy (non-hydrogen) atoms. The Hall–Kier alpha value is -4.90. The molecule has 320 valence electrons. The fourth-order valence-electron chi connectivity index (χ4n) is 7.01. The Kier molecular flexibility index (Phi) is 12.6. The number of halogens is 2. The average molecular weight is 901 g/mol. The highest BCUT2D eigenvalue weighted by Gasteiger charge is 2.61. The van der Waals surface area contributed by atoms with Gasteiger partial charge in [-0.1, -0.05) is 80.4 Å². The molecular formula is C42H47Cl2N5O9S2. The van der Waals surface area contributed by atoms with Gasteiger partial charge in [-0.05, 0) is 50.8 Å². The molecule has 1 unspecified atom stereocenters. The molecule has 1 aliphatic heterocycles. The first-order chi connectivity index (χ1) is 28.0. The number of thiophene rings is 1. The summed E-state index contributed by atoms with van der Waals surface area (Å²) >= 11 is 12.7. The summed E-state index contributed by atoms with van der Waals surface area (Å²) in [5.74, 6) is -1.97. The van der Waals surface area contributed by atoms with E-state index in [9.17, 15) is 27.6 Å². The molecule has 2 aliphatic rings. The highest BCUT2D eigenvalue weighted by molar-refractivity contribution is 7.92. The van der Waals surface area contributed by atoms with Gasteiger partial charge in [-0.15, -0.1) is 17.9 Å². The van der Waals surface area contributed by atoms with E-state index in [1.54, 1.807) is 66.9 Å². The SMILES string of the molecule is C=CC1C[C@]1(NC(=O)[C@@H]1C[C@@H](Oc2cc(-c3ccccc3)nc3cc(OC)ccc23)CN1C(=O)[C@@H](NC(=O)OC(C)(C)C)C(C)(C)C)C(=O)NS(=O)(=O)c1cc(Cl)c(Cl)s1.